The summed E-state index contributed by atoms with van der Waals surface area (Å²) in [6.45, 7) is 5.49. The van der Waals surface area contributed by atoms with Crippen LogP contribution in [0.2, 0.25) is 5.02 Å². The Morgan fingerprint density at radius 1 is 1.08 bits per heavy atom. The number of benzene rings is 2. The molecule has 49 heavy (non-hydrogen) atoms. The Bertz CT molecular complexity index is 1900. The monoisotopic (exact) mass is 688 g/mol. The largest absolute Gasteiger partial charge is 0.390 e. The van der Waals surface area contributed by atoms with Crippen molar-refractivity contribution in [2.75, 3.05) is 45.4 Å². The van der Waals surface area contributed by atoms with E-state index < -0.39 is 17.9 Å². The van der Waals surface area contributed by atoms with Crippen LogP contribution < -0.4 is 31.1 Å². The van der Waals surface area contributed by atoms with Gasteiger partial charge in [-0.3, -0.25) is 19.6 Å². The van der Waals surface area contributed by atoms with E-state index in [1.807, 2.05) is 42.3 Å². The van der Waals surface area contributed by atoms with E-state index in [1.165, 1.54) is 0 Å². The Kier molecular flexibility index (Phi) is 8.71. The number of hydrogen-bond acceptors (Lipinski definition) is 12. The number of piperidine rings is 2. The zero-order chi connectivity index (χ0) is 34.4. The lowest BCUT2D eigenvalue weighted by Crippen LogP contribution is -2.40. The Hall–Kier alpha value is -4.66. The number of hydrogen-bond donors (Lipinski definition) is 6. The summed E-state index contributed by atoms with van der Waals surface area (Å²) in [5, 5.41) is 39.2. The van der Waals surface area contributed by atoms with Crippen LogP contribution in [0.4, 0.5) is 34.5 Å². The Balaban J connectivity index is 0.988. The van der Waals surface area contributed by atoms with Gasteiger partial charge in [0.15, 0.2) is 5.82 Å². The smallest absolute Gasteiger partial charge is 0.235 e. The minimum Gasteiger partial charge on any atom is -0.390 e. The van der Waals surface area contributed by atoms with E-state index in [0.717, 1.165) is 59.6 Å². The summed E-state index contributed by atoms with van der Waals surface area (Å²) >= 11 is 6.53. The maximum Gasteiger partial charge on any atom is 0.235 e. The van der Waals surface area contributed by atoms with Gasteiger partial charge in [-0.1, -0.05) is 11.6 Å². The maximum atomic E-state index is 12.5. The van der Waals surface area contributed by atoms with Gasteiger partial charge in [0.05, 0.1) is 40.3 Å². The fourth-order valence-corrected chi connectivity index (χ4v) is 6.87. The van der Waals surface area contributed by atoms with Crippen LogP contribution >= 0.6 is 11.6 Å². The fourth-order valence-electron chi connectivity index (χ4n) is 6.74. The normalized spacial score (nSPS) is 20.0. The quantitative estimate of drug-likeness (QED) is 0.140. The minimum absolute atomic E-state index is 0.235. The lowest BCUT2D eigenvalue weighted by atomic mass is 9.93. The molecule has 258 valence electrons. The van der Waals surface area contributed by atoms with Crippen molar-refractivity contribution in [2.45, 2.75) is 69.9 Å². The van der Waals surface area contributed by atoms with Gasteiger partial charge in [0, 0.05) is 55.9 Å². The third-order valence-electron chi connectivity index (χ3n) is 9.44. The van der Waals surface area contributed by atoms with Crippen molar-refractivity contribution in [1.29, 1.82) is 0 Å². The molecule has 2 unspecified atom stereocenters. The van der Waals surface area contributed by atoms with Crippen LogP contribution in [-0.4, -0.2) is 79.4 Å². The number of carbonyl (C=O) groups is 2. The van der Waals surface area contributed by atoms with Gasteiger partial charge in [0.25, 0.3) is 0 Å². The van der Waals surface area contributed by atoms with Crippen molar-refractivity contribution in [2.24, 2.45) is 7.05 Å². The lowest BCUT2D eigenvalue weighted by Gasteiger charge is -2.33. The Labute approximate surface area is 288 Å². The van der Waals surface area contributed by atoms with Crippen molar-refractivity contribution in [3.8, 4) is 0 Å². The van der Waals surface area contributed by atoms with Crippen LogP contribution in [-0.2, 0) is 16.6 Å². The molecular formula is C34H41ClN10O4. The first kappa shape index (κ1) is 32.9. The van der Waals surface area contributed by atoms with Gasteiger partial charge in [-0.25, -0.2) is 4.98 Å². The van der Waals surface area contributed by atoms with Crippen LogP contribution in [0, 0.1) is 0 Å². The van der Waals surface area contributed by atoms with E-state index in [4.69, 9.17) is 16.6 Å². The molecule has 6 N–H and O–H groups in total. The first-order valence-corrected chi connectivity index (χ1v) is 17.0. The predicted octanol–water partition coefficient (Wildman–Crippen LogP) is 4.03. The number of aryl methyl sites for hydroxylation is 1. The number of halogens is 1. The molecule has 2 amide bonds. The van der Waals surface area contributed by atoms with E-state index in [2.05, 4.69) is 42.3 Å². The summed E-state index contributed by atoms with van der Waals surface area (Å²) < 4.78 is 1.79. The number of aliphatic hydroxyl groups excluding tert-OH is 1. The second-order valence-electron chi connectivity index (χ2n) is 13.6. The summed E-state index contributed by atoms with van der Waals surface area (Å²) in [7, 11) is 1.87. The molecule has 3 aliphatic rings. The molecule has 14 nitrogen and oxygen atoms in total. The first-order valence-electron chi connectivity index (χ1n) is 16.6. The molecule has 7 rings (SSSR count). The molecule has 0 aliphatic carbocycles. The van der Waals surface area contributed by atoms with Gasteiger partial charge >= 0.3 is 0 Å². The highest BCUT2D eigenvalue weighted by Gasteiger charge is 2.32. The summed E-state index contributed by atoms with van der Waals surface area (Å²) in [6, 6.07) is 12.0. The second-order valence-corrected chi connectivity index (χ2v) is 14.1. The molecule has 0 spiro atoms. The van der Waals surface area contributed by atoms with Gasteiger partial charge in [-0.2, -0.15) is 10.1 Å². The van der Waals surface area contributed by atoms with E-state index in [1.54, 1.807) is 24.7 Å². The molecule has 3 aliphatic heterocycles. The Morgan fingerprint density at radius 3 is 2.61 bits per heavy atom. The molecule has 5 heterocycles. The SMILES string of the molecule is Cn1nc(C2CCC(=O)NC2=O)c2ccc(NC3CCN(c4ncc(Cl)c(Nc5ccc6c(c5)N(CCC(C)(C)O)C(O)N6)n4)CC3)cc21. The predicted molar refractivity (Wildman–Crippen MR) is 189 cm³/mol. The van der Waals surface area contributed by atoms with Gasteiger partial charge in [0.1, 0.15) is 5.02 Å². The fraction of sp³-hybridized carbons (Fsp3) is 0.441. The minimum atomic E-state index is -0.879. The molecule has 2 fully saturated rings. The molecular weight excluding hydrogens is 648 g/mol. The zero-order valence-corrected chi connectivity index (χ0v) is 28.5. The lowest BCUT2D eigenvalue weighted by molar-refractivity contribution is -0.134. The first-order chi connectivity index (χ1) is 23.4. The van der Waals surface area contributed by atoms with Gasteiger partial charge in [-0.05, 0) is 75.9 Å². The number of rotatable bonds is 9. The van der Waals surface area contributed by atoms with Crippen molar-refractivity contribution < 1.29 is 19.8 Å². The highest BCUT2D eigenvalue weighted by molar-refractivity contribution is 6.32. The standard InChI is InChI=1S/C34H41ClN10O4/c1-34(2,49)12-15-45-27-17-21(5-8-25(27)39-33(45)48)38-30-24(35)18-36-32(41-30)44-13-10-19(11-14-44)37-20-4-6-22-26(16-20)43(3)42-29(22)23-7-9-28(46)40-31(23)47/h4-6,8,16-19,23,33,37,39,48-49H,7,9-15H2,1-3H3,(H,36,38,41)(H,40,46,47). The third-order valence-corrected chi connectivity index (χ3v) is 9.72. The zero-order valence-electron chi connectivity index (χ0n) is 27.7. The average molecular weight is 689 g/mol. The van der Waals surface area contributed by atoms with Crippen molar-refractivity contribution in [3.63, 3.8) is 0 Å². The summed E-state index contributed by atoms with van der Waals surface area (Å²) in [4.78, 5) is 37.4. The molecule has 2 atom stereocenters. The van der Waals surface area contributed by atoms with Crippen LogP contribution in [0.5, 0.6) is 0 Å². The van der Waals surface area contributed by atoms with Gasteiger partial charge in [-0.15, -0.1) is 0 Å². The Morgan fingerprint density at radius 2 is 1.86 bits per heavy atom. The molecule has 0 radical (unpaired) electrons. The number of aromatic nitrogens is 4. The summed E-state index contributed by atoms with van der Waals surface area (Å²) in [5.74, 6) is 0.122. The number of fused-ring (bicyclic) bond motifs is 2. The summed E-state index contributed by atoms with van der Waals surface area (Å²) in [6.07, 6.45) is 3.75. The van der Waals surface area contributed by atoms with Gasteiger partial charge in [0.2, 0.25) is 24.1 Å². The number of carbonyl (C=O) groups excluding carboxylic acids is 2. The van der Waals surface area contributed by atoms with Crippen LogP contribution in [0.3, 0.4) is 0 Å². The van der Waals surface area contributed by atoms with Crippen LogP contribution in [0.1, 0.15) is 57.6 Å². The number of aliphatic hydroxyl groups is 2. The number of nitrogens with one attached hydrogen (secondary N) is 4. The van der Waals surface area contributed by atoms with Gasteiger partial charge < -0.3 is 36.0 Å². The second kappa shape index (κ2) is 13.0. The number of nitrogens with zero attached hydrogens (tertiary/aromatic N) is 6. The van der Waals surface area contributed by atoms with E-state index >= 15 is 0 Å². The van der Waals surface area contributed by atoms with Crippen molar-refractivity contribution in [1.82, 2.24) is 25.1 Å². The number of anilines is 6. The maximum absolute atomic E-state index is 12.5. The number of imide groups is 1. The van der Waals surface area contributed by atoms with E-state index in [9.17, 15) is 19.8 Å². The highest BCUT2D eigenvalue weighted by Crippen LogP contribution is 2.38. The topological polar surface area (TPSA) is 173 Å². The highest BCUT2D eigenvalue weighted by atomic mass is 35.5. The molecule has 2 aromatic carbocycles. The molecule has 0 bridgehead atoms. The molecule has 2 aromatic heterocycles. The summed E-state index contributed by atoms with van der Waals surface area (Å²) in [5.41, 5.74) is 4.13. The molecule has 0 saturated carbocycles. The van der Waals surface area contributed by atoms with E-state index in [-0.39, 0.29) is 17.9 Å². The third kappa shape index (κ3) is 6.94. The molecule has 2 saturated heterocycles. The molecule has 4 aromatic rings. The van der Waals surface area contributed by atoms with Crippen LogP contribution in [0.15, 0.2) is 42.6 Å². The van der Waals surface area contributed by atoms with Crippen LogP contribution in [0.25, 0.3) is 10.9 Å². The number of amides is 2. The average Bonchev–Trinajstić information content (AvgIpc) is 3.55. The molecule has 15 heteroatoms. The van der Waals surface area contributed by atoms with E-state index in [0.29, 0.717) is 48.3 Å². The van der Waals surface area contributed by atoms with Crippen molar-refractivity contribution >= 4 is 68.8 Å². The van der Waals surface area contributed by atoms with Crippen molar-refractivity contribution in [3.05, 3.63) is 53.3 Å².